The first-order valence-electron chi connectivity index (χ1n) is 14.1. The highest BCUT2D eigenvalue weighted by Gasteiger charge is 2.31. The number of nitrogens with zero attached hydrogens (tertiary/aromatic N) is 4. The standard InChI is InChI=1S/C30H41N7O5/c1-5-17-36(19-22-13-14-23-26(37(22)18-6-2)27(31)35-30(32)34-23)21-11-9-20(10-12-21)28(39)33-24(29(40)42-8-4)15-16-25(38)41-7-3/h5-6,9-12,22,24H,1-2,7-8,13-19H2,3-4H3,(H,33,39)(H4,31,32,34,35)/t22?,24-/m0/s1. The van der Waals surface area contributed by atoms with Gasteiger partial charge in [-0.15, -0.1) is 13.2 Å². The van der Waals surface area contributed by atoms with E-state index < -0.39 is 23.9 Å². The summed E-state index contributed by atoms with van der Waals surface area (Å²) in [6, 6.07) is 6.20. The molecule has 3 rings (SSSR count). The predicted molar refractivity (Wildman–Crippen MR) is 163 cm³/mol. The monoisotopic (exact) mass is 579 g/mol. The smallest absolute Gasteiger partial charge is 0.328 e. The van der Waals surface area contributed by atoms with E-state index in [4.69, 9.17) is 20.9 Å². The summed E-state index contributed by atoms with van der Waals surface area (Å²) in [6.45, 7) is 13.4. The normalized spacial score (nSPS) is 14.7. The summed E-state index contributed by atoms with van der Waals surface area (Å²) in [5, 5.41) is 2.69. The van der Waals surface area contributed by atoms with Crippen LogP contribution in [-0.2, 0) is 25.5 Å². The number of anilines is 4. The van der Waals surface area contributed by atoms with Gasteiger partial charge in [-0.1, -0.05) is 12.2 Å². The number of fused-ring (bicyclic) bond motifs is 1. The van der Waals surface area contributed by atoms with Crippen LogP contribution in [0.3, 0.4) is 0 Å². The van der Waals surface area contributed by atoms with Gasteiger partial charge >= 0.3 is 11.9 Å². The second-order valence-corrected chi connectivity index (χ2v) is 9.76. The lowest BCUT2D eigenvalue weighted by molar-refractivity contribution is -0.146. The number of carbonyl (C=O) groups excluding carboxylic acids is 3. The topological polar surface area (TPSA) is 166 Å². The van der Waals surface area contributed by atoms with Crippen molar-refractivity contribution in [3.8, 4) is 0 Å². The Kier molecular flexibility index (Phi) is 11.7. The third-order valence-electron chi connectivity index (χ3n) is 6.86. The van der Waals surface area contributed by atoms with E-state index in [-0.39, 0.29) is 38.0 Å². The minimum Gasteiger partial charge on any atom is -0.466 e. The molecule has 2 atom stereocenters. The van der Waals surface area contributed by atoms with Gasteiger partial charge in [-0.2, -0.15) is 4.98 Å². The van der Waals surface area contributed by atoms with E-state index in [1.165, 1.54) is 0 Å². The molecule has 0 fully saturated rings. The van der Waals surface area contributed by atoms with Crippen molar-refractivity contribution in [1.82, 2.24) is 15.3 Å². The van der Waals surface area contributed by atoms with Crippen molar-refractivity contribution in [2.24, 2.45) is 0 Å². The third-order valence-corrected chi connectivity index (χ3v) is 6.86. The Morgan fingerprint density at radius 1 is 1.12 bits per heavy atom. The molecule has 5 N–H and O–H groups in total. The highest BCUT2D eigenvalue weighted by atomic mass is 16.5. The fourth-order valence-electron chi connectivity index (χ4n) is 4.99. The molecule has 0 radical (unpaired) electrons. The minimum atomic E-state index is -0.976. The molecule has 0 saturated heterocycles. The van der Waals surface area contributed by atoms with Gasteiger partial charge in [-0.3, -0.25) is 9.59 Å². The van der Waals surface area contributed by atoms with E-state index in [1.807, 2.05) is 24.3 Å². The lowest BCUT2D eigenvalue weighted by Crippen LogP contribution is -2.48. The summed E-state index contributed by atoms with van der Waals surface area (Å²) in [6.07, 6.45) is 5.23. The molecule has 1 aliphatic heterocycles. The summed E-state index contributed by atoms with van der Waals surface area (Å²) >= 11 is 0. The highest BCUT2D eigenvalue weighted by molar-refractivity contribution is 5.97. The molecule has 0 aliphatic carbocycles. The number of aryl methyl sites for hydroxylation is 1. The number of esters is 2. The van der Waals surface area contributed by atoms with Gasteiger partial charge in [0, 0.05) is 43.3 Å². The molecule has 226 valence electrons. The molecule has 1 unspecified atom stereocenters. The molecular weight excluding hydrogens is 538 g/mol. The molecule has 0 bridgehead atoms. The van der Waals surface area contributed by atoms with Gasteiger partial charge in [0.15, 0.2) is 5.82 Å². The summed E-state index contributed by atoms with van der Waals surface area (Å²) in [7, 11) is 0. The van der Waals surface area contributed by atoms with Gasteiger partial charge in [0.05, 0.1) is 18.9 Å². The fourth-order valence-corrected chi connectivity index (χ4v) is 4.99. The Hall–Kier alpha value is -4.61. The van der Waals surface area contributed by atoms with E-state index in [2.05, 4.69) is 38.2 Å². The average molecular weight is 580 g/mol. The van der Waals surface area contributed by atoms with Gasteiger partial charge in [0.2, 0.25) is 5.95 Å². The first kappa shape index (κ1) is 31.9. The van der Waals surface area contributed by atoms with Crippen LogP contribution >= 0.6 is 0 Å². The molecule has 12 nitrogen and oxygen atoms in total. The maximum absolute atomic E-state index is 13.0. The van der Waals surface area contributed by atoms with Crippen LogP contribution in [0.2, 0.25) is 0 Å². The fraction of sp³-hybridized carbons (Fsp3) is 0.433. The number of carbonyl (C=O) groups is 3. The van der Waals surface area contributed by atoms with E-state index in [0.29, 0.717) is 37.4 Å². The number of aromatic nitrogens is 2. The van der Waals surface area contributed by atoms with E-state index >= 15 is 0 Å². The first-order chi connectivity index (χ1) is 20.2. The van der Waals surface area contributed by atoms with Crippen LogP contribution in [0.25, 0.3) is 0 Å². The number of rotatable bonds is 15. The summed E-state index contributed by atoms with van der Waals surface area (Å²) in [5.74, 6) is -0.989. The van der Waals surface area contributed by atoms with Crippen molar-refractivity contribution in [3.63, 3.8) is 0 Å². The summed E-state index contributed by atoms with van der Waals surface area (Å²) in [5.41, 5.74) is 15.0. The maximum atomic E-state index is 13.0. The maximum Gasteiger partial charge on any atom is 0.328 e. The molecule has 2 heterocycles. The molecule has 1 amide bonds. The van der Waals surface area contributed by atoms with Crippen LogP contribution in [0.1, 0.15) is 49.2 Å². The lowest BCUT2D eigenvalue weighted by Gasteiger charge is -2.41. The molecule has 2 aromatic rings. The van der Waals surface area contributed by atoms with Crippen LogP contribution in [-0.4, -0.2) is 72.7 Å². The van der Waals surface area contributed by atoms with Crippen molar-refractivity contribution in [2.45, 2.75) is 51.6 Å². The molecule has 1 aromatic carbocycles. The molecule has 1 aromatic heterocycles. The van der Waals surface area contributed by atoms with Crippen LogP contribution in [0.15, 0.2) is 49.6 Å². The van der Waals surface area contributed by atoms with Crippen molar-refractivity contribution >= 4 is 41.0 Å². The largest absolute Gasteiger partial charge is 0.466 e. The van der Waals surface area contributed by atoms with Gasteiger partial charge in [-0.05, 0) is 57.4 Å². The zero-order valence-corrected chi connectivity index (χ0v) is 24.4. The highest BCUT2D eigenvalue weighted by Crippen LogP contribution is 2.35. The van der Waals surface area contributed by atoms with Crippen molar-refractivity contribution in [3.05, 3.63) is 60.8 Å². The molecule has 12 heteroatoms. The Labute approximate surface area is 246 Å². The van der Waals surface area contributed by atoms with Gasteiger partial charge in [-0.25, -0.2) is 9.78 Å². The second kappa shape index (κ2) is 15.4. The second-order valence-electron chi connectivity index (χ2n) is 9.76. The molecule has 0 spiro atoms. The summed E-state index contributed by atoms with van der Waals surface area (Å²) < 4.78 is 10.0. The Balaban J connectivity index is 1.75. The minimum absolute atomic E-state index is 0.0211. The molecule has 0 saturated carbocycles. The number of benzene rings is 1. The Morgan fingerprint density at radius 3 is 2.48 bits per heavy atom. The number of hydrogen-bond donors (Lipinski definition) is 3. The SMILES string of the molecule is C=CCN(CC1CCc2nc(N)nc(N)c2N1CC=C)c1ccc(C(=O)N[C@@H](CCC(=O)OCC)C(=O)OCC)cc1. The van der Waals surface area contributed by atoms with Crippen LogP contribution in [0.4, 0.5) is 23.1 Å². The van der Waals surface area contributed by atoms with Gasteiger partial charge in [0.25, 0.3) is 5.91 Å². The number of ether oxygens (including phenoxy) is 2. The van der Waals surface area contributed by atoms with Crippen LogP contribution < -0.4 is 26.6 Å². The third kappa shape index (κ3) is 8.21. The number of nitrogens with one attached hydrogen (secondary N) is 1. The Morgan fingerprint density at radius 2 is 1.83 bits per heavy atom. The van der Waals surface area contributed by atoms with E-state index in [0.717, 1.165) is 23.5 Å². The summed E-state index contributed by atoms with van der Waals surface area (Å²) in [4.78, 5) is 50.2. The van der Waals surface area contributed by atoms with Crippen LogP contribution in [0, 0.1) is 0 Å². The zero-order valence-electron chi connectivity index (χ0n) is 24.4. The number of nitrogens with two attached hydrogens (primary N) is 2. The van der Waals surface area contributed by atoms with Gasteiger partial charge < -0.3 is 36.1 Å². The molecule has 1 aliphatic rings. The predicted octanol–water partition coefficient (Wildman–Crippen LogP) is 2.65. The number of amides is 1. The van der Waals surface area contributed by atoms with Crippen molar-refractivity contribution < 1.29 is 23.9 Å². The quantitative estimate of drug-likeness (QED) is 0.210. The van der Waals surface area contributed by atoms with Crippen LogP contribution in [0.5, 0.6) is 0 Å². The zero-order chi connectivity index (χ0) is 30.6. The average Bonchev–Trinajstić information content (AvgIpc) is 2.96. The first-order valence-corrected chi connectivity index (χ1v) is 14.1. The van der Waals surface area contributed by atoms with Crippen molar-refractivity contribution in [1.29, 1.82) is 0 Å². The molecule has 42 heavy (non-hydrogen) atoms. The van der Waals surface area contributed by atoms with E-state index in [9.17, 15) is 14.4 Å². The molecular formula is C30H41N7O5. The number of nitrogen functional groups attached to an aromatic ring is 2. The van der Waals surface area contributed by atoms with Gasteiger partial charge in [0.1, 0.15) is 11.7 Å². The van der Waals surface area contributed by atoms with E-state index in [1.54, 1.807) is 26.0 Å². The lowest BCUT2D eigenvalue weighted by atomic mass is 9.98. The number of hydrogen-bond acceptors (Lipinski definition) is 11. The van der Waals surface area contributed by atoms with Crippen molar-refractivity contribution in [2.75, 3.05) is 54.1 Å². The Bertz CT molecular complexity index is 1270.